The number of ether oxygens (including phenoxy) is 1. The van der Waals surface area contributed by atoms with Crippen LogP contribution in [0.3, 0.4) is 0 Å². The molecular weight excluding hydrogens is 526 g/mol. The SMILES string of the molecule is O=C(NCc1ccccc1)[C@@H]1CN(C(=O)CN(Cc2ccccc2)S(=O)(=O)c2ccccc2)c2ccccc2O1. The standard InChI is InChI=1S/C31H29N3O5S/c35-30(23-33(21-25-14-6-2-7-15-25)40(37,38)26-16-8-3-9-17-26)34-22-29(39-28-19-11-10-18-27(28)34)31(36)32-20-24-12-4-1-5-13-24/h1-19,29H,20-23H2,(H,32,36)/t29-/m0/s1. The lowest BCUT2D eigenvalue weighted by atomic mass is 10.1. The number of sulfonamides is 1. The molecule has 0 bridgehead atoms. The van der Waals surface area contributed by atoms with Crippen LogP contribution in [0, 0.1) is 0 Å². The molecule has 0 saturated carbocycles. The molecule has 9 heteroatoms. The second-order valence-corrected chi connectivity index (χ2v) is 11.3. The lowest BCUT2D eigenvalue weighted by Gasteiger charge is -2.35. The minimum absolute atomic E-state index is 0.0107. The van der Waals surface area contributed by atoms with Gasteiger partial charge in [-0.25, -0.2) is 8.42 Å². The molecule has 204 valence electrons. The van der Waals surface area contributed by atoms with Gasteiger partial charge in [0.1, 0.15) is 5.75 Å². The van der Waals surface area contributed by atoms with Crippen LogP contribution in [0.15, 0.2) is 120 Å². The molecule has 1 N–H and O–H groups in total. The van der Waals surface area contributed by atoms with E-state index in [0.29, 0.717) is 18.0 Å². The van der Waals surface area contributed by atoms with Crippen molar-refractivity contribution in [2.45, 2.75) is 24.1 Å². The van der Waals surface area contributed by atoms with E-state index in [0.717, 1.165) is 11.1 Å². The average Bonchev–Trinajstić information content (AvgIpc) is 3.00. The van der Waals surface area contributed by atoms with Crippen LogP contribution in [0.25, 0.3) is 0 Å². The predicted octanol–water partition coefficient (Wildman–Crippen LogP) is 3.99. The van der Waals surface area contributed by atoms with E-state index in [2.05, 4.69) is 5.32 Å². The van der Waals surface area contributed by atoms with Crippen molar-refractivity contribution in [3.63, 3.8) is 0 Å². The maximum absolute atomic E-state index is 13.8. The quantitative estimate of drug-likeness (QED) is 0.337. The largest absolute Gasteiger partial charge is 0.477 e. The zero-order valence-corrected chi connectivity index (χ0v) is 22.5. The number of benzene rings is 4. The van der Waals surface area contributed by atoms with E-state index in [1.165, 1.54) is 21.3 Å². The molecule has 40 heavy (non-hydrogen) atoms. The molecule has 1 aliphatic rings. The summed E-state index contributed by atoms with van der Waals surface area (Å²) in [5.41, 5.74) is 2.16. The van der Waals surface area contributed by atoms with Gasteiger partial charge in [-0.3, -0.25) is 9.59 Å². The Kier molecular flexibility index (Phi) is 8.23. The topological polar surface area (TPSA) is 96.0 Å². The third kappa shape index (κ3) is 6.22. The zero-order chi connectivity index (χ0) is 28.0. The number of anilines is 1. The highest BCUT2D eigenvalue weighted by molar-refractivity contribution is 7.89. The van der Waals surface area contributed by atoms with Gasteiger partial charge in [-0.05, 0) is 35.4 Å². The summed E-state index contributed by atoms with van der Waals surface area (Å²) >= 11 is 0. The number of carbonyl (C=O) groups excluding carboxylic acids is 2. The summed E-state index contributed by atoms with van der Waals surface area (Å²) in [7, 11) is -4.00. The highest BCUT2D eigenvalue weighted by Gasteiger charge is 2.36. The molecule has 0 aliphatic carbocycles. The summed E-state index contributed by atoms with van der Waals surface area (Å²) in [6.45, 7) is -0.147. The molecule has 0 radical (unpaired) electrons. The van der Waals surface area contributed by atoms with Crippen LogP contribution in [-0.2, 0) is 32.7 Å². The van der Waals surface area contributed by atoms with E-state index in [1.807, 2.05) is 60.7 Å². The molecule has 0 unspecified atom stereocenters. The number of nitrogens with one attached hydrogen (secondary N) is 1. The van der Waals surface area contributed by atoms with Crippen molar-refractivity contribution in [2.24, 2.45) is 0 Å². The summed E-state index contributed by atoms with van der Waals surface area (Å²) in [4.78, 5) is 28.4. The highest BCUT2D eigenvalue weighted by Crippen LogP contribution is 2.33. The van der Waals surface area contributed by atoms with Crippen molar-refractivity contribution in [1.82, 2.24) is 9.62 Å². The first-order valence-corrected chi connectivity index (χ1v) is 14.3. The molecule has 0 aromatic heterocycles. The fourth-order valence-corrected chi connectivity index (χ4v) is 5.90. The Morgan fingerprint density at radius 3 is 2.05 bits per heavy atom. The fraction of sp³-hybridized carbons (Fsp3) is 0.161. The van der Waals surface area contributed by atoms with Crippen LogP contribution in [0.2, 0.25) is 0 Å². The van der Waals surface area contributed by atoms with Crippen LogP contribution in [0.4, 0.5) is 5.69 Å². The molecule has 2 amide bonds. The molecule has 4 aromatic carbocycles. The van der Waals surface area contributed by atoms with Gasteiger partial charge in [-0.1, -0.05) is 91.0 Å². The number of rotatable bonds is 9. The third-order valence-corrected chi connectivity index (χ3v) is 8.38. The zero-order valence-electron chi connectivity index (χ0n) is 21.7. The lowest BCUT2D eigenvalue weighted by molar-refractivity contribution is -0.128. The predicted molar refractivity (Wildman–Crippen MR) is 152 cm³/mol. The van der Waals surface area contributed by atoms with Crippen molar-refractivity contribution in [2.75, 3.05) is 18.0 Å². The smallest absolute Gasteiger partial charge is 0.263 e. The summed E-state index contributed by atoms with van der Waals surface area (Å²) < 4.78 is 34.5. The molecule has 1 aliphatic heterocycles. The summed E-state index contributed by atoms with van der Waals surface area (Å²) in [5.74, 6) is -0.455. The van der Waals surface area contributed by atoms with Crippen molar-refractivity contribution < 1.29 is 22.7 Å². The Labute approximate surface area is 233 Å². The van der Waals surface area contributed by atoms with Gasteiger partial charge in [0.15, 0.2) is 6.10 Å². The van der Waals surface area contributed by atoms with E-state index < -0.39 is 28.6 Å². The second kappa shape index (κ2) is 12.1. The highest BCUT2D eigenvalue weighted by atomic mass is 32.2. The van der Waals surface area contributed by atoms with Gasteiger partial charge >= 0.3 is 0 Å². The molecule has 0 saturated heterocycles. The number of hydrogen-bond acceptors (Lipinski definition) is 5. The molecule has 0 fully saturated rings. The van der Waals surface area contributed by atoms with Crippen molar-refractivity contribution in [1.29, 1.82) is 0 Å². The van der Waals surface area contributed by atoms with Gasteiger partial charge in [-0.15, -0.1) is 0 Å². The van der Waals surface area contributed by atoms with Gasteiger partial charge in [0.2, 0.25) is 15.9 Å². The molecule has 1 atom stereocenters. The number of amides is 2. The minimum atomic E-state index is -4.00. The van der Waals surface area contributed by atoms with E-state index >= 15 is 0 Å². The molecule has 4 aromatic rings. The number of nitrogens with zero attached hydrogens (tertiary/aromatic N) is 2. The second-order valence-electron chi connectivity index (χ2n) is 9.35. The Bertz CT molecular complexity index is 1560. The maximum Gasteiger partial charge on any atom is 0.263 e. The molecular formula is C31H29N3O5S. The van der Waals surface area contributed by atoms with Gasteiger partial charge in [-0.2, -0.15) is 4.31 Å². The van der Waals surface area contributed by atoms with E-state index in [9.17, 15) is 18.0 Å². The van der Waals surface area contributed by atoms with Crippen molar-refractivity contribution >= 4 is 27.5 Å². The minimum Gasteiger partial charge on any atom is -0.477 e. The molecule has 5 rings (SSSR count). The van der Waals surface area contributed by atoms with Crippen LogP contribution >= 0.6 is 0 Å². The Morgan fingerprint density at radius 1 is 0.800 bits per heavy atom. The summed E-state index contributed by atoms with van der Waals surface area (Å²) in [5, 5.41) is 2.87. The molecule has 1 heterocycles. The molecule has 8 nitrogen and oxygen atoms in total. The summed E-state index contributed by atoms with van der Waals surface area (Å²) in [6.07, 6.45) is -0.962. The van der Waals surface area contributed by atoms with Gasteiger partial charge < -0.3 is 15.0 Å². The van der Waals surface area contributed by atoms with Crippen LogP contribution in [-0.4, -0.2) is 43.7 Å². The number of para-hydroxylation sites is 2. The summed E-state index contributed by atoms with van der Waals surface area (Å²) in [6, 6.07) is 33.6. The average molecular weight is 556 g/mol. The Hall–Kier alpha value is -4.47. The van der Waals surface area contributed by atoms with E-state index in [4.69, 9.17) is 4.74 Å². The third-order valence-electron chi connectivity index (χ3n) is 6.57. The van der Waals surface area contributed by atoms with Gasteiger partial charge in [0.25, 0.3) is 5.91 Å². The van der Waals surface area contributed by atoms with Gasteiger partial charge in [0, 0.05) is 13.1 Å². The lowest BCUT2D eigenvalue weighted by Crippen LogP contribution is -2.52. The first kappa shape index (κ1) is 27.1. The van der Waals surface area contributed by atoms with Crippen LogP contribution in [0.1, 0.15) is 11.1 Å². The monoisotopic (exact) mass is 555 g/mol. The van der Waals surface area contributed by atoms with Crippen LogP contribution in [0.5, 0.6) is 5.75 Å². The maximum atomic E-state index is 13.8. The fourth-order valence-electron chi connectivity index (χ4n) is 4.50. The normalized spacial score (nSPS) is 14.7. The van der Waals surface area contributed by atoms with Crippen molar-refractivity contribution in [3.8, 4) is 5.75 Å². The van der Waals surface area contributed by atoms with Crippen LogP contribution < -0.4 is 15.0 Å². The number of carbonyl (C=O) groups is 2. The van der Waals surface area contributed by atoms with E-state index in [1.54, 1.807) is 42.5 Å². The first-order valence-electron chi connectivity index (χ1n) is 12.9. The Morgan fingerprint density at radius 2 is 1.38 bits per heavy atom. The Balaban J connectivity index is 1.39. The first-order chi connectivity index (χ1) is 19.4. The van der Waals surface area contributed by atoms with Crippen molar-refractivity contribution in [3.05, 3.63) is 126 Å². The number of hydrogen-bond donors (Lipinski definition) is 1. The van der Waals surface area contributed by atoms with E-state index in [-0.39, 0.29) is 23.9 Å². The number of fused-ring (bicyclic) bond motifs is 1. The van der Waals surface area contributed by atoms with Gasteiger partial charge in [0.05, 0.1) is 23.7 Å². The molecule has 0 spiro atoms.